The summed E-state index contributed by atoms with van der Waals surface area (Å²) in [4.78, 5) is 0. The van der Waals surface area contributed by atoms with E-state index in [0.717, 1.165) is 19.3 Å². The first-order valence-corrected chi connectivity index (χ1v) is 8.25. The molecule has 0 fully saturated rings. The maximum Gasteiger partial charge on any atom is 0.115 e. The van der Waals surface area contributed by atoms with E-state index in [1.165, 1.54) is 23.1 Å². The first-order chi connectivity index (χ1) is 9.72. The average Bonchev–Trinajstić information content (AvgIpc) is 2.92. The SMILES string of the molecule is CC(Cc1ccsc1)NC1CCCc2ccc(O)cc21. The number of phenols is 1. The summed E-state index contributed by atoms with van der Waals surface area (Å²) in [6, 6.07) is 8.83. The minimum Gasteiger partial charge on any atom is -0.508 e. The monoisotopic (exact) mass is 287 g/mol. The van der Waals surface area contributed by atoms with Gasteiger partial charge < -0.3 is 10.4 Å². The van der Waals surface area contributed by atoms with Gasteiger partial charge in [0.25, 0.3) is 0 Å². The second-order valence-electron chi connectivity index (χ2n) is 5.73. The molecule has 1 aromatic heterocycles. The topological polar surface area (TPSA) is 32.3 Å². The van der Waals surface area contributed by atoms with Crippen molar-refractivity contribution in [2.45, 2.75) is 44.7 Å². The van der Waals surface area contributed by atoms with Crippen LogP contribution in [0.15, 0.2) is 35.0 Å². The molecule has 3 rings (SSSR count). The van der Waals surface area contributed by atoms with Crippen molar-refractivity contribution < 1.29 is 5.11 Å². The zero-order valence-electron chi connectivity index (χ0n) is 11.8. The number of nitrogens with one attached hydrogen (secondary N) is 1. The molecule has 2 N–H and O–H groups in total. The normalized spacial score (nSPS) is 19.6. The molecule has 0 spiro atoms. The number of aryl methyl sites for hydroxylation is 1. The van der Waals surface area contributed by atoms with Crippen LogP contribution in [-0.2, 0) is 12.8 Å². The summed E-state index contributed by atoms with van der Waals surface area (Å²) < 4.78 is 0. The van der Waals surface area contributed by atoms with Crippen LogP contribution in [0.1, 0.15) is 42.5 Å². The van der Waals surface area contributed by atoms with Crippen LogP contribution in [0.2, 0.25) is 0 Å². The molecule has 1 heterocycles. The van der Waals surface area contributed by atoms with Crippen LogP contribution in [0.5, 0.6) is 5.75 Å². The molecule has 2 nitrogen and oxygen atoms in total. The number of rotatable bonds is 4. The van der Waals surface area contributed by atoms with Crippen LogP contribution >= 0.6 is 11.3 Å². The fraction of sp³-hybridized carbons (Fsp3) is 0.412. The van der Waals surface area contributed by atoms with Crippen LogP contribution in [0.25, 0.3) is 0 Å². The Bertz CT molecular complexity index is 564. The zero-order valence-corrected chi connectivity index (χ0v) is 12.6. The van der Waals surface area contributed by atoms with Crippen LogP contribution in [0.4, 0.5) is 0 Å². The molecule has 1 aliphatic carbocycles. The van der Waals surface area contributed by atoms with Gasteiger partial charge >= 0.3 is 0 Å². The molecular formula is C17H21NOS. The number of thiophene rings is 1. The standard InChI is InChI=1S/C17H21NOS/c1-12(9-13-7-8-20-11-13)18-17-4-2-3-14-5-6-15(19)10-16(14)17/h5-8,10-12,17-19H,2-4,9H2,1H3. The van der Waals surface area contributed by atoms with Gasteiger partial charge in [-0.3, -0.25) is 0 Å². The maximum absolute atomic E-state index is 9.72. The van der Waals surface area contributed by atoms with Gasteiger partial charge in [0, 0.05) is 12.1 Å². The molecule has 0 saturated carbocycles. The van der Waals surface area contributed by atoms with Gasteiger partial charge in [0.05, 0.1) is 0 Å². The van der Waals surface area contributed by atoms with Crippen molar-refractivity contribution in [2.24, 2.45) is 0 Å². The highest BCUT2D eigenvalue weighted by atomic mass is 32.1. The van der Waals surface area contributed by atoms with E-state index in [9.17, 15) is 5.11 Å². The third-order valence-corrected chi connectivity index (χ3v) is 4.78. The van der Waals surface area contributed by atoms with Gasteiger partial charge in [0.1, 0.15) is 5.75 Å². The van der Waals surface area contributed by atoms with Gasteiger partial charge in [-0.05, 0) is 78.3 Å². The van der Waals surface area contributed by atoms with Crippen LogP contribution in [0, 0.1) is 0 Å². The van der Waals surface area contributed by atoms with Gasteiger partial charge in [-0.15, -0.1) is 0 Å². The number of hydrogen-bond acceptors (Lipinski definition) is 3. The third-order valence-electron chi connectivity index (χ3n) is 4.05. The average molecular weight is 287 g/mol. The van der Waals surface area contributed by atoms with Crippen LogP contribution < -0.4 is 5.32 Å². The lowest BCUT2D eigenvalue weighted by molar-refractivity contribution is 0.403. The van der Waals surface area contributed by atoms with Gasteiger partial charge in [0.2, 0.25) is 0 Å². The van der Waals surface area contributed by atoms with Gasteiger partial charge in [-0.1, -0.05) is 6.07 Å². The lowest BCUT2D eigenvalue weighted by atomic mass is 9.87. The van der Waals surface area contributed by atoms with E-state index in [2.05, 4.69) is 35.1 Å². The zero-order chi connectivity index (χ0) is 13.9. The molecule has 1 aliphatic rings. The molecule has 106 valence electrons. The van der Waals surface area contributed by atoms with Gasteiger partial charge in [-0.25, -0.2) is 0 Å². The van der Waals surface area contributed by atoms with E-state index >= 15 is 0 Å². The van der Waals surface area contributed by atoms with E-state index in [0.29, 0.717) is 17.8 Å². The van der Waals surface area contributed by atoms with Crippen molar-refractivity contribution >= 4 is 11.3 Å². The van der Waals surface area contributed by atoms with Gasteiger partial charge in [0.15, 0.2) is 0 Å². The smallest absolute Gasteiger partial charge is 0.115 e. The Kier molecular flexibility index (Phi) is 4.08. The predicted molar refractivity (Wildman–Crippen MR) is 84.4 cm³/mol. The lowest BCUT2D eigenvalue weighted by Crippen LogP contribution is -2.34. The first-order valence-electron chi connectivity index (χ1n) is 7.31. The molecule has 0 aliphatic heterocycles. The highest BCUT2D eigenvalue weighted by Gasteiger charge is 2.21. The Morgan fingerprint density at radius 3 is 3.10 bits per heavy atom. The first kappa shape index (κ1) is 13.7. The number of hydrogen-bond donors (Lipinski definition) is 2. The Balaban J connectivity index is 1.71. The summed E-state index contributed by atoms with van der Waals surface area (Å²) in [6.07, 6.45) is 4.58. The van der Waals surface area contributed by atoms with Crippen molar-refractivity contribution in [1.82, 2.24) is 5.32 Å². The fourth-order valence-corrected chi connectivity index (χ4v) is 3.81. The van der Waals surface area contributed by atoms with Crippen molar-refractivity contribution in [3.8, 4) is 5.75 Å². The summed E-state index contributed by atoms with van der Waals surface area (Å²) in [5.74, 6) is 0.378. The fourth-order valence-electron chi connectivity index (χ4n) is 3.12. The lowest BCUT2D eigenvalue weighted by Gasteiger charge is -2.29. The van der Waals surface area contributed by atoms with Crippen molar-refractivity contribution in [2.75, 3.05) is 0 Å². The number of benzene rings is 1. The summed E-state index contributed by atoms with van der Waals surface area (Å²) in [5.41, 5.74) is 4.07. The molecule has 1 aromatic carbocycles. The second kappa shape index (κ2) is 5.98. The molecule has 2 aromatic rings. The Hall–Kier alpha value is -1.32. The third kappa shape index (κ3) is 3.05. The largest absolute Gasteiger partial charge is 0.508 e. The quantitative estimate of drug-likeness (QED) is 0.889. The van der Waals surface area contributed by atoms with Gasteiger partial charge in [-0.2, -0.15) is 11.3 Å². The Morgan fingerprint density at radius 1 is 1.40 bits per heavy atom. The van der Waals surface area contributed by atoms with Crippen molar-refractivity contribution in [3.05, 3.63) is 51.7 Å². The Labute approximate surface area is 124 Å². The highest BCUT2D eigenvalue weighted by molar-refractivity contribution is 7.07. The molecule has 0 amide bonds. The van der Waals surface area contributed by atoms with E-state index in [4.69, 9.17) is 0 Å². The van der Waals surface area contributed by atoms with Crippen LogP contribution in [-0.4, -0.2) is 11.1 Å². The Morgan fingerprint density at radius 2 is 2.30 bits per heavy atom. The van der Waals surface area contributed by atoms with E-state index < -0.39 is 0 Å². The minimum absolute atomic E-state index is 0.375. The molecular weight excluding hydrogens is 266 g/mol. The molecule has 0 bridgehead atoms. The predicted octanol–water partition coefficient (Wildman–Crippen LogP) is 4.05. The van der Waals surface area contributed by atoms with E-state index in [-0.39, 0.29) is 0 Å². The number of phenolic OH excluding ortho intramolecular Hbond substituents is 1. The summed E-state index contributed by atoms with van der Waals surface area (Å²) in [5, 5.41) is 17.8. The molecule has 20 heavy (non-hydrogen) atoms. The summed E-state index contributed by atoms with van der Waals surface area (Å²) in [7, 11) is 0. The molecule has 3 heteroatoms. The summed E-state index contributed by atoms with van der Waals surface area (Å²) in [6.45, 7) is 2.24. The van der Waals surface area contributed by atoms with Crippen LogP contribution in [0.3, 0.4) is 0 Å². The van der Waals surface area contributed by atoms with Crippen molar-refractivity contribution in [3.63, 3.8) is 0 Å². The van der Waals surface area contributed by atoms with Crippen molar-refractivity contribution in [1.29, 1.82) is 0 Å². The highest BCUT2D eigenvalue weighted by Crippen LogP contribution is 2.32. The number of fused-ring (bicyclic) bond motifs is 1. The maximum atomic E-state index is 9.72. The molecule has 0 saturated heterocycles. The molecule has 2 unspecified atom stereocenters. The number of aromatic hydroxyl groups is 1. The van der Waals surface area contributed by atoms with E-state index in [1.54, 1.807) is 17.4 Å². The molecule has 2 atom stereocenters. The van der Waals surface area contributed by atoms with E-state index in [1.807, 2.05) is 6.07 Å². The minimum atomic E-state index is 0.375. The molecule has 0 radical (unpaired) electrons. The summed E-state index contributed by atoms with van der Waals surface area (Å²) >= 11 is 1.76. The second-order valence-corrected chi connectivity index (χ2v) is 6.51.